The van der Waals surface area contributed by atoms with Gasteiger partial charge < -0.3 is 9.80 Å². The summed E-state index contributed by atoms with van der Waals surface area (Å²) in [4.78, 5) is 28.2. The molecule has 1 aliphatic rings. The Hall–Kier alpha value is -2.62. The second-order valence-electron chi connectivity index (χ2n) is 5.84. The van der Waals surface area contributed by atoms with Crippen molar-refractivity contribution in [3.8, 4) is 0 Å². The van der Waals surface area contributed by atoms with E-state index in [-0.39, 0.29) is 0 Å². The lowest BCUT2D eigenvalue weighted by molar-refractivity contribution is -0.143. The number of para-hydroxylation sites is 1. The van der Waals surface area contributed by atoms with Gasteiger partial charge in [-0.05, 0) is 30.0 Å². The first kappa shape index (κ1) is 15.3. The lowest BCUT2D eigenvalue weighted by Crippen LogP contribution is -2.45. The summed E-state index contributed by atoms with van der Waals surface area (Å²) in [5, 5.41) is 0. The van der Waals surface area contributed by atoms with Gasteiger partial charge in [-0.15, -0.1) is 0 Å². The molecule has 0 spiro atoms. The van der Waals surface area contributed by atoms with Crippen molar-refractivity contribution in [1.29, 1.82) is 0 Å². The molecule has 4 nitrogen and oxygen atoms in total. The molecule has 118 valence electrons. The molecule has 3 rings (SSSR count). The monoisotopic (exact) mass is 308 g/mol. The third-order valence-electron chi connectivity index (χ3n) is 4.15. The van der Waals surface area contributed by atoms with E-state index in [0.717, 1.165) is 29.7 Å². The fraction of sp³-hybridized carbons (Fsp3) is 0.263. The molecule has 1 aliphatic heterocycles. The van der Waals surface area contributed by atoms with Crippen molar-refractivity contribution in [3.63, 3.8) is 0 Å². The van der Waals surface area contributed by atoms with Crippen LogP contribution in [0.15, 0.2) is 54.6 Å². The van der Waals surface area contributed by atoms with Gasteiger partial charge >= 0.3 is 11.8 Å². The Morgan fingerprint density at radius 1 is 1.04 bits per heavy atom. The van der Waals surface area contributed by atoms with Gasteiger partial charge in [0.15, 0.2) is 0 Å². The molecule has 23 heavy (non-hydrogen) atoms. The normalized spacial score (nSPS) is 13.3. The van der Waals surface area contributed by atoms with E-state index in [0.29, 0.717) is 13.1 Å². The highest BCUT2D eigenvalue weighted by Gasteiger charge is 2.29. The molecule has 0 saturated heterocycles. The van der Waals surface area contributed by atoms with Crippen LogP contribution in [-0.2, 0) is 22.6 Å². The molecular formula is C19H20N2O2. The standard InChI is InChI=1S/C19H20N2O2/c1-20(14-15-8-3-2-4-9-15)18(22)19(23)21-13-7-11-16-10-5-6-12-17(16)21/h2-6,8-10,12H,7,11,13-14H2,1H3. The summed E-state index contributed by atoms with van der Waals surface area (Å²) in [5.41, 5.74) is 3.01. The molecule has 0 unspecified atom stereocenters. The van der Waals surface area contributed by atoms with E-state index in [1.807, 2.05) is 54.6 Å². The van der Waals surface area contributed by atoms with Crippen LogP contribution in [0.3, 0.4) is 0 Å². The minimum Gasteiger partial charge on any atom is -0.333 e. The topological polar surface area (TPSA) is 40.6 Å². The van der Waals surface area contributed by atoms with Crippen LogP contribution in [-0.4, -0.2) is 30.3 Å². The largest absolute Gasteiger partial charge is 0.333 e. The maximum atomic E-state index is 12.6. The molecule has 0 aromatic heterocycles. The van der Waals surface area contributed by atoms with Crippen molar-refractivity contribution in [1.82, 2.24) is 4.90 Å². The second-order valence-corrected chi connectivity index (χ2v) is 5.84. The summed E-state index contributed by atoms with van der Waals surface area (Å²) in [6, 6.07) is 17.5. The van der Waals surface area contributed by atoms with E-state index in [1.165, 1.54) is 4.90 Å². The Labute approximate surface area is 136 Å². The first-order valence-electron chi connectivity index (χ1n) is 7.85. The Bertz CT molecular complexity index is 712. The average Bonchev–Trinajstić information content (AvgIpc) is 2.60. The Morgan fingerprint density at radius 3 is 2.52 bits per heavy atom. The molecule has 2 aromatic carbocycles. The number of aryl methyl sites for hydroxylation is 1. The third-order valence-corrected chi connectivity index (χ3v) is 4.15. The van der Waals surface area contributed by atoms with Crippen LogP contribution in [0.1, 0.15) is 17.5 Å². The predicted octanol–water partition coefficient (Wildman–Crippen LogP) is 2.62. The van der Waals surface area contributed by atoms with Gasteiger partial charge in [-0.3, -0.25) is 9.59 Å². The first-order chi connectivity index (χ1) is 11.2. The highest BCUT2D eigenvalue weighted by atomic mass is 16.2. The number of fused-ring (bicyclic) bond motifs is 1. The van der Waals surface area contributed by atoms with Gasteiger partial charge in [0, 0.05) is 25.8 Å². The number of anilines is 1. The number of benzene rings is 2. The van der Waals surface area contributed by atoms with Crippen LogP contribution < -0.4 is 4.90 Å². The summed E-state index contributed by atoms with van der Waals surface area (Å²) < 4.78 is 0. The molecule has 0 N–H and O–H groups in total. The van der Waals surface area contributed by atoms with Crippen LogP contribution in [0.4, 0.5) is 5.69 Å². The second kappa shape index (κ2) is 6.65. The van der Waals surface area contributed by atoms with Crippen molar-refractivity contribution in [2.75, 3.05) is 18.5 Å². The Morgan fingerprint density at radius 2 is 1.74 bits per heavy atom. The molecule has 1 heterocycles. The summed E-state index contributed by atoms with van der Waals surface area (Å²) in [7, 11) is 1.67. The van der Waals surface area contributed by atoms with Crippen LogP contribution >= 0.6 is 0 Å². The molecule has 0 radical (unpaired) electrons. The number of likely N-dealkylation sites (N-methyl/N-ethyl adjacent to an activating group) is 1. The molecule has 0 atom stereocenters. The van der Waals surface area contributed by atoms with Gasteiger partial charge in [-0.1, -0.05) is 48.5 Å². The third kappa shape index (κ3) is 3.26. The van der Waals surface area contributed by atoms with Gasteiger partial charge in [0.25, 0.3) is 0 Å². The number of amides is 2. The molecule has 2 amide bonds. The van der Waals surface area contributed by atoms with Gasteiger partial charge in [0.2, 0.25) is 0 Å². The van der Waals surface area contributed by atoms with Gasteiger partial charge in [0.1, 0.15) is 0 Å². The number of hydrogen-bond acceptors (Lipinski definition) is 2. The Balaban J connectivity index is 1.74. The highest BCUT2D eigenvalue weighted by Crippen LogP contribution is 2.26. The molecule has 0 aliphatic carbocycles. The van der Waals surface area contributed by atoms with Crippen molar-refractivity contribution in [3.05, 3.63) is 65.7 Å². The van der Waals surface area contributed by atoms with Crippen LogP contribution in [0, 0.1) is 0 Å². The zero-order chi connectivity index (χ0) is 16.2. The van der Waals surface area contributed by atoms with Gasteiger partial charge in [-0.2, -0.15) is 0 Å². The Kier molecular flexibility index (Phi) is 4.42. The number of carbonyl (C=O) groups is 2. The summed E-state index contributed by atoms with van der Waals surface area (Å²) >= 11 is 0. The number of hydrogen-bond donors (Lipinski definition) is 0. The lowest BCUT2D eigenvalue weighted by Gasteiger charge is -2.30. The van der Waals surface area contributed by atoms with Crippen molar-refractivity contribution in [2.24, 2.45) is 0 Å². The minimum atomic E-state index is -0.467. The highest BCUT2D eigenvalue weighted by molar-refractivity contribution is 6.40. The SMILES string of the molecule is CN(Cc1ccccc1)C(=O)C(=O)N1CCCc2ccccc21. The maximum Gasteiger partial charge on any atom is 0.316 e. The van der Waals surface area contributed by atoms with Crippen LogP contribution in [0.5, 0.6) is 0 Å². The van der Waals surface area contributed by atoms with E-state index in [2.05, 4.69) is 0 Å². The number of rotatable bonds is 2. The summed E-state index contributed by atoms with van der Waals surface area (Å²) in [6.45, 7) is 1.03. The van der Waals surface area contributed by atoms with Crippen molar-refractivity contribution >= 4 is 17.5 Å². The van der Waals surface area contributed by atoms with Crippen molar-refractivity contribution < 1.29 is 9.59 Å². The number of nitrogens with zero attached hydrogens (tertiary/aromatic N) is 2. The van der Waals surface area contributed by atoms with Gasteiger partial charge in [0.05, 0.1) is 0 Å². The zero-order valence-corrected chi connectivity index (χ0v) is 13.2. The first-order valence-corrected chi connectivity index (χ1v) is 7.85. The van der Waals surface area contributed by atoms with Crippen LogP contribution in [0.25, 0.3) is 0 Å². The molecule has 4 heteroatoms. The minimum absolute atomic E-state index is 0.431. The maximum absolute atomic E-state index is 12.6. The smallest absolute Gasteiger partial charge is 0.316 e. The molecule has 2 aromatic rings. The van der Waals surface area contributed by atoms with E-state index in [9.17, 15) is 9.59 Å². The van der Waals surface area contributed by atoms with Crippen LogP contribution in [0.2, 0.25) is 0 Å². The summed E-state index contributed by atoms with van der Waals surface area (Å²) in [6.07, 6.45) is 1.84. The lowest BCUT2D eigenvalue weighted by atomic mass is 10.0. The molecule has 0 fully saturated rings. The predicted molar refractivity (Wildman–Crippen MR) is 90.0 cm³/mol. The molecule has 0 bridgehead atoms. The molecule has 0 saturated carbocycles. The van der Waals surface area contributed by atoms with Crippen molar-refractivity contribution in [2.45, 2.75) is 19.4 Å². The average molecular weight is 308 g/mol. The quantitative estimate of drug-likeness (QED) is 0.800. The summed E-state index contributed by atoms with van der Waals surface area (Å²) in [5.74, 6) is -0.916. The fourth-order valence-corrected chi connectivity index (χ4v) is 2.95. The number of carbonyl (C=O) groups excluding carboxylic acids is 2. The van der Waals surface area contributed by atoms with E-state index in [1.54, 1.807) is 11.9 Å². The van der Waals surface area contributed by atoms with E-state index < -0.39 is 11.8 Å². The zero-order valence-electron chi connectivity index (χ0n) is 13.2. The van der Waals surface area contributed by atoms with Gasteiger partial charge in [-0.25, -0.2) is 0 Å². The van der Waals surface area contributed by atoms with E-state index in [4.69, 9.17) is 0 Å². The molecular weight excluding hydrogens is 288 g/mol. The van der Waals surface area contributed by atoms with E-state index >= 15 is 0 Å². The fourth-order valence-electron chi connectivity index (χ4n) is 2.95.